The first-order valence-corrected chi connectivity index (χ1v) is 9.75. The number of sulfonamides is 1. The highest BCUT2D eigenvalue weighted by atomic mass is 32.2. The first kappa shape index (κ1) is 19.4. The predicted molar refractivity (Wildman–Crippen MR) is 90.3 cm³/mol. The van der Waals surface area contributed by atoms with Gasteiger partial charge in [-0.25, -0.2) is 17.5 Å². The number of nitrogens with one attached hydrogen (secondary N) is 1. The molecule has 1 N–H and O–H groups in total. The second-order valence-corrected chi connectivity index (χ2v) is 7.73. The number of amides is 1. The van der Waals surface area contributed by atoms with E-state index in [1.165, 1.54) is 0 Å². The largest absolute Gasteiger partial charge is 0.383 e. The Morgan fingerprint density at radius 1 is 1.37 bits per heavy atom. The summed E-state index contributed by atoms with van der Waals surface area (Å²) in [6.45, 7) is 0.609. The third-order valence-corrected chi connectivity index (χ3v) is 5.59. The van der Waals surface area contributed by atoms with Crippen molar-refractivity contribution in [1.82, 2.24) is 19.8 Å². The van der Waals surface area contributed by atoms with Gasteiger partial charge in [-0.1, -0.05) is 5.16 Å². The molecule has 2 aromatic rings. The van der Waals surface area contributed by atoms with Crippen LogP contribution in [0.1, 0.15) is 30.6 Å². The number of nitrogens with zero attached hydrogens (tertiary/aromatic N) is 3. The number of rotatable bonds is 8. The number of carbonyl (C=O) groups is 1. The molecule has 1 fully saturated rings. The fourth-order valence-electron chi connectivity index (χ4n) is 2.79. The van der Waals surface area contributed by atoms with Crippen molar-refractivity contribution in [3.63, 3.8) is 0 Å². The Kier molecular flexibility index (Phi) is 5.82. The number of aromatic nitrogens is 2. The maximum absolute atomic E-state index is 12.9. The van der Waals surface area contributed by atoms with Crippen molar-refractivity contribution in [1.29, 1.82) is 0 Å². The van der Waals surface area contributed by atoms with Gasteiger partial charge >= 0.3 is 0 Å². The maximum Gasteiger partial charge on any atom is 0.249 e. The third kappa shape index (κ3) is 4.49. The summed E-state index contributed by atoms with van der Waals surface area (Å²) < 4.78 is 49.9. The van der Waals surface area contributed by atoms with Crippen LogP contribution in [0.2, 0.25) is 0 Å². The first-order chi connectivity index (χ1) is 12.9. The molecule has 1 amide bonds. The zero-order valence-electron chi connectivity index (χ0n) is 14.6. The van der Waals surface area contributed by atoms with Crippen LogP contribution in [0.5, 0.6) is 0 Å². The van der Waals surface area contributed by atoms with E-state index >= 15 is 0 Å². The van der Waals surface area contributed by atoms with Crippen LogP contribution in [0.15, 0.2) is 33.7 Å². The van der Waals surface area contributed by atoms with Crippen LogP contribution in [-0.2, 0) is 26.1 Å². The topological polar surface area (TPSA) is 115 Å². The Labute approximate surface area is 155 Å². The molecule has 0 unspecified atom stereocenters. The van der Waals surface area contributed by atoms with Gasteiger partial charge in [0, 0.05) is 20.1 Å². The minimum absolute atomic E-state index is 0.0196. The predicted octanol–water partition coefficient (Wildman–Crippen LogP) is 0.997. The molecule has 0 bridgehead atoms. The van der Waals surface area contributed by atoms with E-state index in [4.69, 9.17) is 9.26 Å². The number of methoxy groups -OCH3 is 1. The van der Waals surface area contributed by atoms with Crippen LogP contribution in [0.25, 0.3) is 0 Å². The Balaban J connectivity index is 1.65. The lowest BCUT2D eigenvalue weighted by Crippen LogP contribution is -2.31. The van der Waals surface area contributed by atoms with E-state index < -0.39 is 15.8 Å². The molecule has 0 saturated carbocycles. The number of hydrogen-bond acceptors (Lipinski definition) is 7. The minimum Gasteiger partial charge on any atom is -0.383 e. The minimum atomic E-state index is -3.84. The van der Waals surface area contributed by atoms with Gasteiger partial charge in [0.15, 0.2) is 5.82 Å². The standard InChI is InChI=1S/C16H19FN4O5S/c1-25-9-8-21-13(6-7-15(21)22)16-19-14(20-26-16)10-18-27(23,24)12-4-2-11(17)3-5-12/h2-5,13,18H,6-10H2,1H3/t13-/m0/s1. The van der Waals surface area contributed by atoms with Gasteiger partial charge in [0.1, 0.15) is 11.9 Å². The van der Waals surface area contributed by atoms with Gasteiger partial charge < -0.3 is 14.2 Å². The zero-order valence-corrected chi connectivity index (χ0v) is 15.4. The average Bonchev–Trinajstić information content (AvgIpc) is 3.25. The fraction of sp³-hybridized carbons (Fsp3) is 0.438. The van der Waals surface area contributed by atoms with Crippen molar-refractivity contribution >= 4 is 15.9 Å². The van der Waals surface area contributed by atoms with E-state index in [-0.39, 0.29) is 35.1 Å². The van der Waals surface area contributed by atoms with E-state index in [1.807, 2.05) is 0 Å². The lowest BCUT2D eigenvalue weighted by atomic mass is 10.2. The zero-order chi connectivity index (χ0) is 19.4. The molecular weight excluding hydrogens is 379 g/mol. The van der Waals surface area contributed by atoms with Gasteiger partial charge in [-0.2, -0.15) is 4.98 Å². The Morgan fingerprint density at radius 3 is 2.81 bits per heavy atom. The van der Waals surface area contributed by atoms with Gasteiger partial charge in [0.2, 0.25) is 21.8 Å². The van der Waals surface area contributed by atoms with Gasteiger partial charge in [-0.15, -0.1) is 0 Å². The van der Waals surface area contributed by atoms with Crippen LogP contribution >= 0.6 is 0 Å². The molecule has 9 nitrogen and oxygen atoms in total. The number of halogens is 1. The molecular formula is C16H19FN4O5S. The molecule has 1 atom stereocenters. The van der Waals surface area contributed by atoms with Crippen LogP contribution in [0, 0.1) is 5.82 Å². The highest BCUT2D eigenvalue weighted by molar-refractivity contribution is 7.89. The molecule has 1 aromatic heterocycles. The fourth-order valence-corrected chi connectivity index (χ4v) is 3.77. The van der Waals surface area contributed by atoms with E-state index in [0.717, 1.165) is 24.3 Å². The molecule has 1 aromatic carbocycles. The summed E-state index contributed by atoms with van der Waals surface area (Å²) in [5, 5.41) is 3.77. The molecule has 1 aliphatic heterocycles. The molecule has 0 aliphatic carbocycles. The Bertz CT molecular complexity index is 900. The SMILES string of the molecule is COCCN1C(=O)CC[C@H]1c1nc(CNS(=O)(=O)c2ccc(F)cc2)no1. The van der Waals surface area contributed by atoms with Crippen molar-refractivity contribution in [3.05, 3.63) is 41.8 Å². The van der Waals surface area contributed by atoms with Crippen molar-refractivity contribution in [2.45, 2.75) is 30.3 Å². The van der Waals surface area contributed by atoms with Gasteiger partial charge in [-0.05, 0) is 30.7 Å². The molecule has 146 valence electrons. The number of hydrogen-bond donors (Lipinski definition) is 1. The van der Waals surface area contributed by atoms with Crippen LogP contribution in [0.4, 0.5) is 4.39 Å². The molecule has 11 heteroatoms. The van der Waals surface area contributed by atoms with Crippen molar-refractivity contribution in [3.8, 4) is 0 Å². The summed E-state index contributed by atoms with van der Waals surface area (Å²) in [6, 6.07) is 4.11. The van der Waals surface area contributed by atoms with Crippen LogP contribution < -0.4 is 4.72 Å². The number of ether oxygens (including phenoxy) is 1. The Hall–Kier alpha value is -2.37. The molecule has 1 saturated heterocycles. The van der Waals surface area contributed by atoms with E-state index in [9.17, 15) is 17.6 Å². The second-order valence-electron chi connectivity index (χ2n) is 5.96. The molecule has 2 heterocycles. The highest BCUT2D eigenvalue weighted by Crippen LogP contribution is 2.31. The normalized spacial score (nSPS) is 17.6. The van der Waals surface area contributed by atoms with E-state index in [1.54, 1.807) is 12.0 Å². The third-order valence-electron chi connectivity index (χ3n) is 4.18. The lowest BCUT2D eigenvalue weighted by molar-refractivity contribution is -0.130. The molecule has 0 radical (unpaired) electrons. The van der Waals surface area contributed by atoms with Crippen molar-refractivity contribution in [2.75, 3.05) is 20.3 Å². The molecule has 1 aliphatic rings. The lowest BCUT2D eigenvalue weighted by Gasteiger charge is -2.21. The van der Waals surface area contributed by atoms with Crippen molar-refractivity contribution < 1.29 is 26.9 Å². The summed E-state index contributed by atoms with van der Waals surface area (Å²) in [6.07, 6.45) is 0.925. The van der Waals surface area contributed by atoms with E-state index in [0.29, 0.717) is 26.0 Å². The quantitative estimate of drug-likeness (QED) is 0.705. The molecule has 0 spiro atoms. The van der Waals surface area contributed by atoms with Gasteiger partial charge in [0.05, 0.1) is 18.0 Å². The summed E-state index contributed by atoms with van der Waals surface area (Å²) in [5.41, 5.74) is 0. The number of likely N-dealkylation sites (tertiary alicyclic amines) is 1. The van der Waals surface area contributed by atoms with Gasteiger partial charge in [-0.3, -0.25) is 4.79 Å². The first-order valence-electron chi connectivity index (χ1n) is 8.27. The Morgan fingerprint density at radius 2 is 2.11 bits per heavy atom. The second kappa shape index (κ2) is 8.11. The monoisotopic (exact) mass is 398 g/mol. The van der Waals surface area contributed by atoms with Crippen molar-refractivity contribution in [2.24, 2.45) is 0 Å². The van der Waals surface area contributed by atoms with E-state index in [2.05, 4.69) is 14.9 Å². The summed E-state index contributed by atoms with van der Waals surface area (Å²) in [4.78, 5) is 17.7. The van der Waals surface area contributed by atoms with Crippen LogP contribution in [-0.4, -0.2) is 49.6 Å². The molecule has 3 rings (SSSR count). The smallest absolute Gasteiger partial charge is 0.249 e. The maximum atomic E-state index is 12.9. The average molecular weight is 398 g/mol. The number of benzene rings is 1. The summed E-state index contributed by atoms with van der Waals surface area (Å²) in [7, 11) is -2.29. The molecule has 27 heavy (non-hydrogen) atoms. The highest BCUT2D eigenvalue weighted by Gasteiger charge is 2.35. The number of carbonyl (C=O) groups excluding carboxylic acids is 1. The summed E-state index contributed by atoms with van der Waals surface area (Å²) >= 11 is 0. The van der Waals surface area contributed by atoms with Gasteiger partial charge in [0.25, 0.3) is 0 Å². The summed E-state index contributed by atoms with van der Waals surface area (Å²) in [5.74, 6) is -0.149. The van der Waals surface area contributed by atoms with Crippen LogP contribution in [0.3, 0.4) is 0 Å².